The Bertz CT molecular complexity index is 1280. The van der Waals surface area contributed by atoms with E-state index >= 15 is 0 Å². The second-order valence-corrected chi connectivity index (χ2v) is 9.37. The maximum Gasteiger partial charge on any atom is 0.337 e. The first-order valence-electron chi connectivity index (χ1n) is 9.21. The summed E-state index contributed by atoms with van der Waals surface area (Å²) in [5.41, 5.74) is 0.316. The Morgan fingerprint density at radius 2 is 2.03 bits per heavy atom. The molecule has 1 atom stereocenters. The van der Waals surface area contributed by atoms with E-state index in [0.717, 1.165) is 18.2 Å². The van der Waals surface area contributed by atoms with E-state index in [9.17, 15) is 22.7 Å². The summed E-state index contributed by atoms with van der Waals surface area (Å²) in [7, 11) is -3.92. The number of carbonyl (C=O) groups is 1. The molecule has 31 heavy (non-hydrogen) atoms. The molecule has 1 aliphatic rings. The largest absolute Gasteiger partial charge is 0.478 e. The van der Waals surface area contributed by atoms with Gasteiger partial charge in [0, 0.05) is 17.0 Å². The molecule has 4 rings (SSSR count). The smallest absolute Gasteiger partial charge is 0.337 e. The molecule has 3 aromatic rings. The summed E-state index contributed by atoms with van der Waals surface area (Å²) in [5, 5.41) is 14.8. The summed E-state index contributed by atoms with van der Waals surface area (Å²) in [4.78, 5) is 15.8. The lowest BCUT2D eigenvalue weighted by molar-refractivity contribution is 0.0698. The number of fused-ring (bicyclic) bond motifs is 1. The lowest BCUT2D eigenvalue weighted by Crippen LogP contribution is -2.46. The molecular formula is C20H17ClFN3O5S. The summed E-state index contributed by atoms with van der Waals surface area (Å²) < 4.78 is 45.3. The number of aromatic nitrogens is 1. The van der Waals surface area contributed by atoms with Crippen molar-refractivity contribution >= 4 is 49.7 Å². The van der Waals surface area contributed by atoms with Crippen LogP contribution in [-0.4, -0.2) is 49.6 Å². The highest BCUT2D eigenvalue weighted by Crippen LogP contribution is 2.32. The minimum Gasteiger partial charge on any atom is -0.478 e. The lowest BCUT2D eigenvalue weighted by Gasteiger charge is -2.24. The molecule has 1 unspecified atom stereocenters. The number of carboxylic acid groups (broad SMARTS) is 1. The summed E-state index contributed by atoms with van der Waals surface area (Å²) in [6.07, 6.45) is 0. The number of halogens is 2. The topological polar surface area (TPSA) is 118 Å². The number of sulfone groups is 1. The van der Waals surface area contributed by atoms with Crippen LogP contribution in [0.2, 0.25) is 5.02 Å². The van der Waals surface area contributed by atoms with Crippen molar-refractivity contribution in [2.75, 3.05) is 25.1 Å². The van der Waals surface area contributed by atoms with Crippen LogP contribution in [0.15, 0.2) is 47.5 Å². The van der Waals surface area contributed by atoms with E-state index in [2.05, 4.69) is 15.6 Å². The van der Waals surface area contributed by atoms with Gasteiger partial charge >= 0.3 is 5.97 Å². The zero-order valence-corrected chi connectivity index (χ0v) is 17.5. The molecule has 0 spiro atoms. The Morgan fingerprint density at radius 1 is 1.23 bits per heavy atom. The van der Waals surface area contributed by atoms with Crippen LogP contribution >= 0.6 is 11.6 Å². The number of nitrogens with zero attached hydrogens (tertiary/aromatic N) is 1. The molecule has 8 nitrogen and oxygen atoms in total. The fourth-order valence-electron chi connectivity index (χ4n) is 3.26. The minimum atomic E-state index is -3.92. The first-order chi connectivity index (χ1) is 14.8. The number of pyridine rings is 1. The van der Waals surface area contributed by atoms with Gasteiger partial charge in [-0.3, -0.25) is 5.32 Å². The Morgan fingerprint density at radius 3 is 2.74 bits per heavy atom. The van der Waals surface area contributed by atoms with Crippen LogP contribution in [0, 0.1) is 5.82 Å². The normalized spacial score (nSPS) is 16.9. The van der Waals surface area contributed by atoms with Crippen LogP contribution in [0.3, 0.4) is 0 Å². The van der Waals surface area contributed by atoms with E-state index in [1.165, 1.54) is 6.07 Å². The number of hydrogen-bond acceptors (Lipinski definition) is 7. The van der Waals surface area contributed by atoms with E-state index in [1.54, 1.807) is 18.2 Å². The van der Waals surface area contributed by atoms with Crippen molar-refractivity contribution in [2.45, 2.75) is 10.4 Å². The van der Waals surface area contributed by atoms with Crippen LogP contribution in [-0.2, 0) is 14.6 Å². The molecule has 1 saturated heterocycles. The van der Waals surface area contributed by atoms with Gasteiger partial charge in [0.1, 0.15) is 11.2 Å². The van der Waals surface area contributed by atoms with E-state index in [0.29, 0.717) is 29.1 Å². The molecule has 11 heteroatoms. The molecule has 3 N–H and O–H groups in total. The van der Waals surface area contributed by atoms with Gasteiger partial charge in [-0.05, 0) is 42.5 Å². The number of nitrogens with one attached hydrogen (secondary N) is 2. The molecule has 0 amide bonds. The molecule has 0 bridgehead atoms. The predicted molar refractivity (Wildman–Crippen MR) is 113 cm³/mol. The summed E-state index contributed by atoms with van der Waals surface area (Å²) in [5.74, 6) is -1.92. The first-order valence-corrected chi connectivity index (χ1v) is 11.1. The average molecular weight is 466 g/mol. The second kappa shape index (κ2) is 8.39. The molecule has 2 aromatic carbocycles. The van der Waals surface area contributed by atoms with Crippen LogP contribution in [0.4, 0.5) is 15.8 Å². The van der Waals surface area contributed by atoms with Gasteiger partial charge in [0.25, 0.3) is 0 Å². The van der Waals surface area contributed by atoms with Gasteiger partial charge in [-0.2, -0.15) is 0 Å². The third kappa shape index (κ3) is 4.33. The zero-order valence-electron chi connectivity index (χ0n) is 15.9. The number of aromatic carboxylic acids is 1. The van der Waals surface area contributed by atoms with Crippen molar-refractivity contribution in [1.82, 2.24) is 10.3 Å². The Hall–Kier alpha value is -2.79. The standard InChI is InChI=1S/C20H17ClFN3O5S/c21-11-1-4-15-14(7-11)17(24-16-8-12(22)2-3-13(16)20(26)27)9-18(25-15)31(28,29)19-10-30-6-5-23-19/h1-4,7-9,19,23H,5-6,10H2,(H,24,25)(H,26,27). The van der Waals surface area contributed by atoms with Crippen LogP contribution in [0.25, 0.3) is 10.9 Å². The quantitative estimate of drug-likeness (QED) is 0.526. The number of rotatable bonds is 5. The van der Waals surface area contributed by atoms with Gasteiger partial charge in [-0.25, -0.2) is 22.6 Å². The maximum atomic E-state index is 13.8. The number of hydrogen-bond donors (Lipinski definition) is 3. The first kappa shape index (κ1) is 21.4. The fourth-order valence-corrected chi connectivity index (χ4v) is 4.84. The minimum absolute atomic E-state index is 0.0293. The Kier molecular flexibility index (Phi) is 5.80. The van der Waals surface area contributed by atoms with Crippen molar-refractivity contribution in [3.63, 3.8) is 0 Å². The molecule has 0 saturated carbocycles. The average Bonchev–Trinajstić information content (AvgIpc) is 2.74. The van der Waals surface area contributed by atoms with E-state index in [1.807, 2.05) is 0 Å². The molecule has 1 fully saturated rings. The molecular weight excluding hydrogens is 449 g/mol. The molecule has 2 heterocycles. The highest BCUT2D eigenvalue weighted by Gasteiger charge is 2.31. The van der Waals surface area contributed by atoms with Gasteiger partial charge in [-0.15, -0.1) is 0 Å². The van der Waals surface area contributed by atoms with Crippen LogP contribution in [0.5, 0.6) is 0 Å². The monoisotopic (exact) mass is 465 g/mol. The van der Waals surface area contributed by atoms with Gasteiger partial charge in [0.15, 0.2) is 5.03 Å². The Balaban J connectivity index is 1.87. The third-order valence-corrected chi connectivity index (χ3v) is 6.86. The molecule has 1 aromatic heterocycles. The van der Waals surface area contributed by atoms with Crippen molar-refractivity contribution in [2.24, 2.45) is 0 Å². The van der Waals surface area contributed by atoms with Crippen LogP contribution in [0.1, 0.15) is 10.4 Å². The van der Waals surface area contributed by atoms with Gasteiger partial charge in [0.2, 0.25) is 9.84 Å². The van der Waals surface area contributed by atoms with Crippen molar-refractivity contribution in [3.05, 3.63) is 58.9 Å². The number of ether oxygens (including phenoxy) is 1. The lowest BCUT2D eigenvalue weighted by atomic mass is 10.1. The second-order valence-electron chi connectivity index (χ2n) is 6.85. The van der Waals surface area contributed by atoms with Crippen molar-refractivity contribution < 1.29 is 27.4 Å². The van der Waals surface area contributed by atoms with Crippen molar-refractivity contribution in [3.8, 4) is 0 Å². The fraction of sp³-hybridized carbons (Fsp3) is 0.200. The summed E-state index contributed by atoms with van der Waals surface area (Å²) in [6, 6.07) is 9.12. The van der Waals surface area contributed by atoms with Crippen LogP contribution < -0.4 is 10.6 Å². The van der Waals surface area contributed by atoms with Gasteiger partial charge < -0.3 is 15.2 Å². The summed E-state index contributed by atoms with van der Waals surface area (Å²) in [6.45, 7) is 0.752. The predicted octanol–water partition coefficient (Wildman–Crippen LogP) is 3.19. The summed E-state index contributed by atoms with van der Waals surface area (Å²) >= 11 is 6.10. The number of morpholine rings is 1. The highest BCUT2D eigenvalue weighted by atomic mass is 35.5. The number of carboxylic acids is 1. The highest BCUT2D eigenvalue weighted by molar-refractivity contribution is 7.92. The zero-order chi connectivity index (χ0) is 22.2. The molecule has 0 radical (unpaired) electrons. The molecule has 0 aliphatic carbocycles. The third-order valence-electron chi connectivity index (χ3n) is 4.78. The van der Waals surface area contributed by atoms with E-state index in [4.69, 9.17) is 16.3 Å². The van der Waals surface area contributed by atoms with E-state index in [-0.39, 0.29) is 28.6 Å². The SMILES string of the molecule is O=C(O)c1ccc(F)cc1Nc1cc(S(=O)(=O)C2COCCN2)nc2ccc(Cl)cc12. The molecule has 1 aliphatic heterocycles. The van der Waals surface area contributed by atoms with Gasteiger partial charge in [-0.1, -0.05) is 11.6 Å². The molecule has 162 valence electrons. The van der Waals surface area contributed by atoms with Gasteiger partial charge in [0.05, 0.1) is 35.7 Å². The van der Waals surface area contributed by atoms with Crippen molar-refractivity contribution in [1.29, 1.82) is 0 Å². The number of anilines is 2. The Labute approximate surface area is 181 Å². The number of benzene rings is 2. The van der Waals surface area contributed by atoms with E-state index < -0.39 is 27.0 Å². The maximum absolute atomic E-state index is 13.8.